The van der Waals surface area contributed by atoms with Crippen LogP contribution in [0.1, 0.15) is 29.6 Å². The number of alkyl halides is 2. The zero-order chi connectivity index (χ0) is 22.2. The molecular weight excluding hydrogens is 404 g/mol. The summed E-state index contributed by atoms with van der Waals surface area (Å²) >= 11 is 0. The molecule has 0 bridgehead atoms. The van der Waals surface area contributed by atoms with Crippen molar-refractivity contribution in [3.8, 4) is 11.1 Å². The van der Waals surface area contributed by atoms with Crippen molar-refractivity contribution in [2.45, 2.75) is 31.4 Å². The van der Waals surface area contributed by atoms with Crippen LogP contribution in [0.2, 0.25) is 0 Å². The van der Waals surface area contributed by atoms with Gasteiger partial charge in [-0.3, -0.25) is 29.0 Å². The lowest BCUT2D eigenvalue weighted by Gasteiger charge is -2.16. The Morgan fingerprint density at radius 1 is 1.23 bits per heavy atom. The summed E-state index contributed by atoms with van der Waals surface area (Å²) in [6.45, 7) is 6.28. The van der Waals surface area contributed by atoms with E-state index in [1.165, 1.54) is 6.20 Å². The maximum Gasteiger partial charge on any atom is 0.306 e. The predicted molar refractivity (Wildman–Crippen MR) is 109 cm³/mol. The number of pyridine rings is 1. The minimum Gasteiger partial charge on any atom is -0.294 e. The number of Topliss-reactive ketones (excluding diaryl/α,β-unsaturated/α-hetero) is 1. The van der Waals surface area contributed by atoms with Gasteiger partial charge in [0, 0.05) is 48.8 Å². The molecule has 1 aliphatic heterocycles. The number of hydrogen-bond donors (Lipinski definition) is 0. The number of likely N-dealkylation sites (tertiary alicyclic amines) is 1. The van der Waals surface area contributed by atoms with E-state index in [9.17, 15) is 18.4 Å². The lowest BCUT2D eigenvalue weighted by molar-refractivity contribution is -0.132. The van der Waals surface area contributed by atoms with Crippen LogP contribution >= 0.6 is 0 Å². The Bertz CT molecular complexity index is 1210. The highest BCUT2D eigenvalue weighted by Gasteiger charge is 2.50. The molecule has 0 unspecified atom stereocenters. The van der Waals surface area contributed by atoms with Crippen LogP contribution in [0.4, 0.5) is 8.78 Å². The van der Waals surface area contributed by atoms with Gasteiger partial charge >= 0.3 is 6.17 Å². The first kappa shape index (κ1) is 20.6. The number of carbonyl (C=O) groups is 2. The Hall–Kier alpha value is -3.67. The van der Waals surface area contributed by atoms with E-state index in [-0.39, 0.29) is 18.6 Å². The maximum absolute atomic E-state index is 13.6. The van der Waals surface area contributed by atoms with Crippen molar-refractivity contribution in [3.05, 3.63) is 59.8 Å². The molecule has 4 rings (SSSR count). The Morgan fingerprint density at radius 2 is 2.03 bits per heavy atom. The Balaban J connectivity index is 1.56. The van der Waals surface area contributed by atoms with Gasteiger partial charge in [-0.1, -0.05) is 12.1 Å². The van der Waals surface area contributed by atoms with E-state index in [4.69, 9.17) is 6.57 Å². The fourth-order valence-corrected chi connectivity index (χ4v) is 3.93. The molecule has 31 heavy (non-hydrogen) atoms. The molecule has 2 aromatic heterocycles. The van der Waals surface area contributed by atoms with Crippen LogP contribution in [0, 0.1) is 6.57 Å². The summed E-state index contributed by atoms with van der Waals surface area (Å²) < 4.78 is 28.9. The molecule has 0 N–H and O–H groups in total. The van der Waals surface area contributed by atoms with Crippen molar-refractivity contribution in [3.63, 3.8) is 0 Å². The second-order valence-electron chi connectivity index (χ2n) is 7.54. The zero-order valence-electron chi connectivity index (χ0n) is 16.8. The SMILES string of the molecule is [C-]#[N+][C@@H]1CC(F)(F)CN1C(=O)CCC(=O)c1ccncc1-c1cccc2c1cnn2C. The van der Waals surface area contributed by atoms with Gasteiger partial charge in [-0.15, -0.1) is 0 Å². The lowest BCUT2D eigenvalue weighted by Crippen LogP contribution is -2.35. The van der Waals surface area contributed by atoms with Crippen molar-refractivity contribution in [1.29, 1.82) is 0 Å². The molecule has 7 nitrogen and oxygen atoms in total. The second kappa shape index (κ2) is 7.87. The topological polar surface area (TPSA) is 72.5 Å². The van der Waals surface area contributed by atoms with Crippen LogP contribution in [-0.4, -0.2) is 50.0 Å². The third kappa shape index (κ3) is 3.89. The molecule has 0 aliphatic carbocycles. The molecule has 1 saturated heterocycles. The zero-order valence-corrected chi connectivity index (χ0v) is 16.8. The van der Waals surface area contributed by atoms with Crippen LogP contribution in [0.5, 0.6) is 0 Å². The van der Waals surface area contributed by atoms with Gasteiger partial charge in [0.25, 0.3) is 5.92 Å². The lowest BCUT2D eigenvalue weighted by atomic mass is 9.95. The highest BCUT2D eigenvalue weighted by Crippen LogP contribution is 2.34. The first-order chi connectivity index (χ1) is 14.8. The van der Waals surface area contributed by atoms with Crippen LogP contribution in [0.3, 0.4) is 0 Å². The number of aryl methyl sites for hydroxylation is 1. The molecule has 1 aliphatic rings. The number of ketones is 1. The van der Waals surface area contributed by atoms with Crippen LogP contribution in [-0.2, 0) is 11.8 Å². The molecule has 9 heteroatoms. The highest BCUT2D eigenvalue weighted by molar-refractivity contribution is 6.06. The molecule has 1 fully saturated rings. The molecule has 0 saturated carbocycles. The van der Waals surface area contributed by atoms with Crippen LogP contribution in [0.25, 0.3) is 26.9 Å². The minimum absolute atomic E-state index is 0.147. The van der Waals surface area contributed by atoms with Gasteiger partial charge < -0.3 is 0 Å². The molecule has 1 atom stereocenters. The van der Waals surface area contributed by atoms with Crippen LogP contribution in [0.15, 0.2) is 42.9 Å². The molecule has 0 spiro atoms. The summed E-state index contributed by atoms with van der Waals surface area (Å²) in [4.78, 5) is 33.5. The van der Waals surface area contributed by atoms with E-state index >= 15 is 0 Å². The maximum atomic E-state index is 13.6. The van der Waals surface area contributed by atoms with Crippen molar-refractivity contribution in [2.24, 2.45) is 7.05 Å². The standard InChI is InChI=1S/C22H19F2N5O2/c1-25-20-10-22(23,24)13-29(20)21(31)7-6-19(30)15-8-9-26-11-16(15)14-4-3-5-18-17(14)12-27-28(18)2/h3-5,8-9,11-12,20H,6-7,10,13H2,2H3/t20-/m0/s1. The summed E-state index contributed by atoms with van der Waals surface area (Å²) in [5.41, 5.74) is 2.70. The number of aromatic nitrogens is 3. The number of hydrogen-bond acceptors (Lipinski definition) is 4. The van der Waals surface area contributed by atoms with Crippen molar-refractivity contribution >= 4 is 22.6 Å². The van der Waals surface area contributed by atoms with Gasteiger partial charge in [0.1, 0.15) is 6.42 Å². The van der Waals surface area contributed by atoms with E-state index < -0.39 is 31.0 Å². The quantitative estimate of drug-likeness (QED) is 0.463. The molecule has 1 aromatic carbocycles. The number of benzene rings is 1. The Labute approximate surface area is 177 Å². The summed E-state index contributed by atoms with van der Waals surface area (Å²) in [5, 5.41) is 5.13. The number of fused-ring (bicyclic) bond motifs is 1. The summed E-state index contributed by atoms with van der Waals surface area (Å²) in [6.07, 6.45) is 2.57. The highest BCUT2D eigenvalue weighted by atomic mass is 19.3. The largest absolute Gasteiger partial charge is 0.306 e. The van der Waals surface area contributed by atoms with Crippen molar-refractivity contribution in [1.82, 2.24) is 19.7 Å². The van der Waals surface area contributed by atoms with E-state index in [0.29, 0.717) is 11.1 Å². The van der Waals surface area contributed by atoms with Gasteiger partial charge in [-0.05, 0) is 17.7 Å². The normalized spacial score (nSPS) is 17.6. The number of rotatable bonds is 5. The van der Waals surface area contributed by atoms with E-state index in [0.717, 1.165) is 21.4 Å². The molecule has 3 heterocycles. The number of nitrogens with zero attached hydrogens (tertiary/aromatic N) is 5. The Morgan fingerprint density at radius 3 is 2.81 bits per heavy atom. The molecule has 0 radical (unpaired) electrons. The van der Waals surface area contributed by atoms with Crippen molar-refractivity contribution < 1.29 is 18.4 Å². The fourth-order valence-electron chi connectivity index (χ4n) is 3.93. The number of halogens is 2. The molecule has 1 amide bonds. The van der Waals surface area contributed by atoms with E-state index in [1.54, 1.807) is 23.1 Å². The number of carbonyl (C=O) groups excluding carboxylic acids is 2. The first-order valence-electron chi connectivity index (χ1n) is 9.73. The molecular formula is C22H19F2N5O2. The smallest absolute Gasteiger partial charge is 0.294 e. The first-order valence-corrected chi connectivity index (χ1v) is 9.73. The monoisotopic (exact) mass is 423 g/mol. The summed E-state index contributed by atoms with van der Waals surface area (Å²) in [6, 6.07) is 7.24. The summed E-state index contributed by atoms with van der Waals surface area (Å²) in [7, 11) is 1.82. The fraction of sp³-hybridized carbons (Fsp3) is 0.318. The average molecular weight is 423 g/mol. The van der Waals surface area contributed by atoms with Gasteiger partial charge in [0.05, 0.1) is 18.3 Å². The van der Waals surface area contributed by atoms with Crippen LogP contribution < -0.4 is 0 Å². The van der Waals surface area contributed by atoms with Gasteiger partial charge in [-0.2, -0.15) is 5.10 Å². The van der Waals surface area contributed by atoms with Crippen molar-refractivity contribution in [2.75, 3.05) is 6.54 Å². The van der Waals surface area contributed by atoms with Gasteiger partial charge in [0.15, 0.2) is 5.78 Å². The van der Waals surface area contributed by atoms with Gasteiger partial charge in [0.2, 0.25) is 5.91 Å². The van der Waals surface area contributed by atoms with E-state index in [2.05, 4.69) is 14.9 Å². The third-order valence-electron chi connectivity index (χ3n) is 5.48. The second-order valence-corrected chi connectivity index (χ2v) is 7.54. The molecule has 3 aromatic rings. The number of amides is 1. The Kier molecular flexibility index (Phi) is 5.23. The average Bonchev–Trinajstić information content (AvgIpc) is 3.30. The molecule has 158 valence electrons. The van der Waals surface area contributed by atoms with E-state index in [1.807, 2.05) is 25.2 Å². The third-order valence-corrected chi connectivity index (χ3v) is 5.48. The predicted octanol–water partition coefficient (Wildman–Crippen LogP) is 3.71. The minimum atomic E-state index is -3.07. The summed E-state index contributed by atoms with van der Waals surface area (Å²) in [5.74, 6) is -3.98. The van der Waals surface area contributed by atoms with Gasteiger partial charge in [-0.25, -0.2) is 15.4 Å².